The molecule has 0 bridgehead atoms. The first kappa shape index (κ1) is 23.2. The van der Waals surface area contributed by atoms with Crippen LogP contribution in [0.3, 0.4) is 0 Å². The van der Waals surface area contributed by atoms with Gasteiger partial charge in [-0.1, -0.05) is 6.07 Å². The lowest BCUT2D eigenvalue weighted by atomic mass is 10.0. The molecule has 0 spiro atoms. The number of aryl methyl sites for hydroxylation is 1. The number of likely N-dealkylation sites (N-methyl/N-ethyl adjacent to an activating group) is 1. The average molecular weight is 493 g/mol. The lowest BCUT2D eigenvalue weighted by Crippen LogP contribution is -2.42. The molecule has 1 atom stereocenters. The van der Waals surface area contributed by atoms with Crippen molar-refractivity contribution in [2.75, 3.05) is 27.2 Å². The normalized spacial score (nSPS) is 12.6. The number of guanidine groups is 1. The molecule has 2 rings (SSSR count). The van der Waals surface area contributed by atoms with Gasteiger partial charge in [-0.3, -0.25) is 4.68 Å². The van der Waals surface area contributed by atoms with Crippen molar-refractivity contribution in [3.63, 3.8) is 0 Å². The summed E-state index contributed by atoms with van der Waals surface area (Å²) in [6.45, 7) is 3.23. The third-order valence-electron chi connectivity index (χ3n) is 3.95. The number of halogens is 3. The predicted octanol–water partition coefficient (Wildman–Crippen LogP) is 2.07. The summed E-state index contributed by atoms with van der Waals surface area (Å²) < 4.78 is 30.0. The molecule has 0 fully saturated rings. The van der Waals surface area contributed by atoms with Crippen LogP contribution >= 0.6 is 24.0 Å². The van der Waals surface area contributed by atoms with Crippen LogP contribution in [0.2, 0.25) is 0 Å². The third kappa shape index (κ3) is 6.38. The zero-order valence-corrected chi connectivity index (χ0v) is 18.2. The Morgan fingerprint density at radius 2 is 1.93 bits per heavy atom. The molecule has 2 aromatic rings. The summed E-state index contributed by atoms with van der Waals surface area (Å²) in [6, 6.07) is 3.40. The highest BCUT2D eigenvalue weighted by molar-refractivity contribution is 14.0. The monoisotopic (exact) mass is 493 g/mol. The molecule has 0 saturated heterocycles. The van der Waals surface area contributed by atoms with Crippen LogP contribution in [0.15, 0.2) is 29.5 Å². The van der Waals surface area contributed by atoms with E-state index in [0.29, 0.717) is 24.9 Å². The maximum Gasteiger partial charge on any atom is 0.191 e. The van der Waals surface area contributed by atoms with E-state index in [1.54, 1.807) is 30.7 Å². The number of rotatable bonds is 7. The first-order valence-corrected chi connectivity index (χ1v) is 8.39. The second kappa shape index (κ2) is 11.1. The number of aromatic nitrogens is 3. The van der Waals surface area contributed by atoms with Crippen LogP contribution < -0.4 is 10.6 Å². The lowest BCUT2D eigenvalue weighted by molar-refractivity contribution is 0.282. The van der Waals surface area contributed by atoms with E-state index in [1.165, 1.54) is 24.5 Å². The Hall–Kier alpha value is -1.82. The van der Waals surface area contributed by atoms with Crippen LogP contribution in [0.4, 0.5) is 8.78 Å². The van der Waals surface area contributed by atoms with Crippen molar-refractivity contribution in [3.8, 4) is 0 Å². The van der Waals surface area contributed by atoms with E-state index >= 15 is 0 Å². The summed E-state index contributed by atoms with van der Waals surface area (Å²) in [5.74, 6) is 0.128. The fraction of sp³-hybridized carbons (Fsp3) is 0.471. The van der Waals surface area contributed by atoms with Crippen LogP contribution in [-0.4, -0.2) is 52.8 Å². The number of aliphatic imine (C=N–C) groups is 1. The van der Waals surface area contributed by atoms with Crippen molar-refractivity contribution in [1.29, 1.82) is 0 Å². The van der Waals surface area contributed by atoms with Gasteiger partial charge in [-0.05, 0) is 33.2 Å². The minimum Gasteiger partial charge on any atom is -0.357 e. The molecule has 10 heteroatoms. The van der Waals surface area contributed by atoms with E-state index in [0.717, 1.165) is 0 Å². The molecule has 27 heavy (non-hydrogen) atoms. The molecule has 2 N–H and O–H groups in total. The molecule has 0 aliphatic rings. The quantitative estimate of drug-likeness (QED) is 0.351. The molecule has 0 aliphatic carbocycles. The Bertz CT molecular complexity index is 728. The van der Waals surface area contributed by atoms with E-state index < -0.39 is 17.7 Å². The van der Waals surface area contributed by atoms with Crippen LogP contribution in [0, 0.1) is 11.6 Å². The first-order chi connectivity index (χ1) is 12.4. The maximum absolute atomic E-state index is 14.2. The molecule has 0 amide bonds. The summed E-state index contributed by atoms with van der Waals surface area (Å²) in [7, 11) is 5.35. The summed E-state index contributed by atoms with van der Waals surface area (Å²) in [5, 5.41) is 10.3. The molecule has 1 heterocycles. The number of hydrogen-bond acceptors (Lipinski definition) is 4. The molecule has 1 unspecified atom stereocenters. The molecule has 0 aliphatic heterocycles. The van der Waals surface area contributed by atoms with Crippen molar-refractivity contribution in [3.05, 3.63) is 47.5 Å². The van der Waals surface area contributed by atoms with Gasteiger partial charge in [-0.15, -0.1) is 24.0 Å². The highest BCUT2D eigenvalue weighted by Crippen LogP contribution is 2.23. The van der Waals surface area contributed by atoms with E-state index in [-0.39, 0.29) is 36.1 Å². The fourth-order valence-electron chi connectivity index (χ4n) is 2.52. The van der Waals surface area contributed by atoms with E-state index in [2.05, 4.69) is 25.7 Å². The van der Waals surface area contributed by atoms with E-state index in [4.69, 9.17) is 0 Å². The van der Waals surface area contributed by atoms with Crippen molar-refractivity contribution in [2.45, 2.75) is 19.5 Å². The minimum atomic E-state index is -0.563. The van der Waals surface area contributed by atoms with E-state index in [1.807, 2.05) is 6.92 Å². The topological polar surface area (TPSA) is 70.4 Å². The van der Waals surface area contributed by atoms with Gasteiger partial charge in [-0.2, -0.15) is 5.10 Å². The summed E-state index contributed by atoms with van der Waals surface area (Å²) in [6.07, 6.45) is 1.47. The third-order valence-corrected chi connectivity index (χ3v) is 3.95. The molecule has 7 nitrogen and oxygen atoms in total. The second-order valence-corrected chi connectivity index (χ2v) is 5.99. The first-order valence-electron chi connectivity index (χ1n) is 8.39. The van der Waals surface area contributed by atoms with Gasteiger partial charge in [0.25, 0.3) is 0 Å². The summed E-state index contributed by atoms with van der Waals surface area (Å²) in [5.41, 5.74) is 0.0362. The van der Waals surface area contributed by atoms with Crippen LogP contribution in [0.5, 0.6) is 0 Å². The number of hydrogen-bond donors (Lipinski definition) is 2. The summed E-state index contributed by atoms with van der Waals surface area (Å²) >= 11 is 0. The van der Waals surface area contributed by atoms with Gasteiger partial charge in [0.2, 0.25) is 0 Å². The Labute approximate surface area is 175 Å². The molecule has 1 aromatic carbocycles. The number of nitrogens with zero attached hydrogens (tertiary/aromatic N) is 5. The molecular weight excluding hydrogens is 467 g/mol. The molecule has 0 radical (unpaired) electrons. The highest BCUT2D eigenvalue weighted by Gasteiger charge is 2.22. The largest absolute Gasteiger partial charge is 0.357 e. The minimum absolute atomic E-state index is 0. The van der Waals surface area contributed by atoms with Crippen molar-refractivity contribution in [2.24, 2.45) is 12.0 Å². The van der Waals surface area contributed by atoms with Gasteiger partial charge in [-0.25, -0.2) is 18.8 Å². The number of nitrogens with one attached hydrogen (secondary N) is 2. The Morgan fingerprint density at radius 3 is 2.44 bits per heavy atom. The maximum atomic E-state index is 14.2. The molecule has 150 valence electrons. The van der Waals surface area contributed by atoms with Gasteiger partial charge in [0, 0.05) is 25.7 Å². The zero-order valence-electron chi connectivity index (χ0n) is 15.9. The van der Waals surface area contributed by atoms with Gasteiger partial charge in [0.15, 0.2) is 5.96 Å². The zero-order chi connectivity index (χ0) is 19.1. The average Bonchev–Trinajstić information content (AvgIpc) is 2.99. The van der Waals surface area contributed by atoms with Gasteiger partial charge < -0.3 is 15.5 Å². The van der Waals surface area contributed by atoms with Gasteiger partial charge in [0.05, 0.1) is 6.04 Å². The van der Waals surface area contributed by atoms with E-state index in [9.17, 15) is 8.78 Å². The molecule has 0 saturated carbocycles. The highest BCUT2D eigenvalue weighted by atomic mass is 127. The second-order valence-electron chi connectivity index (χ2n) is 5.99. The van der Waals surface area contributed by atoms with Crippen molar-refractivity contribution >= 4 is 29.9 Å². The predicted molar refractivity (Wildman–Crippen MR) is 112 cm³/mol. The smallest absolute Gasteiger partial charge is 0.191 e. The molecular formula is C17H26F2IN7. The van der Waals surface area contributed by atoms with Gasteiger partial charge in [0.1, 0.15) is 30.3 Å². The Balaban J connectivity index is 0.00000364. The lowest BCUT2D eigenvalue weighted by Gasteiger charge is -2.26. The van der Waals surface area contributed by atoms with Crippen molar-refractivity contribution in [1.82, 2.24) is 30.3 Å². The number of benzene rings is 1. The fourth-order valence-corrected chi connectivity index (χ4v) is 2.52. The van der Waals surface area contributed by atoms with Gasteiger partial charge >= 0.3 is 0 Å². The summed E-state index contributed by atoms with van der Waals surface area (Å²) in [4.78, 5) is 10.3. The Morgan fingerprint density at radius 1 is 1.26 bits per heavy atom. The molecule has 1 aromatic heterocycles. The van der Waals surface area contributed by atoms with Crippen molar-refractivity contribution < 1.29 is 8.78 Å². The van der Waals surface area contributed by atoms with Crippen LogP contribution in [0.1, 0.15) is 24.4 Å². The van der Waals surface area contributed by atoms with Crippen LogP contribution in [-0.2, 0) is 13.6 Å². The van der Waals surface area contributed by atoms with Crippen LogP contribution in [0.25, 0.3) is 0 Å². The Kier molecular flexibility index (Phi) is 9.56. The SMILES string of the molecule is CCNC(=NCc1ncnn1C)NCC(c1c(F)cccc1F)N(C)C.I. The standard InChI is InChI=1S/C17H25F2N7.HI/c1-5-20-17(22-10-15-23-11-24-26(15)4)21-9-14(25(2)3)16-12(18)7-6-8-13(16)19;/h6-8,11,14H,5,9-10H2,1-4H3,(H2,20,21,22);1H.